The lowest BCUT2D eigenvalue weighted by Gasteiger charge is -2.26. The molecule has 0 saturated carbocycles. The van der Waals surface area contributed by atoms with Crippen molar-refractivity contribution in [1.29, 1.82) is 0 Å². The molecule has 2 aromatic carbocycles. The number of aryl methyl sites for hydroxylation is 1. The van der Waals surface area contributed by atoms with Gasteiger partial charge in [0.1, 0.15) is 5.82 Å². The van der Waals surface area contributed by atoms with Crippen LogP contribution in [-0.2, 0) is 17.8 Å². The molecule has 2 aromatic rings. The number of Topliss-reactive ketones (excluding diaryl/α,β-unsaturated/α-hetero) is 1. The van der Waals surface area contributed by atoms with Gasteiger partial charge in [0.2, 0.25) is 5.91 Å². The fourth-order valence-corrected chi connectivity index (χ4v) is 5.23. The van der Waals surface area contributed by atoms with E-state index in [1.54, 1.807) is 34.1 Å². The van der Waals surface area contributed by atoms with Crippen molar-refractivity contribution in [3.63, 3.8) is 0 Å². The molecule has 2 fully saturated rings. The highest BCUT2D eigenvalue weighted by Gasteiger charge is 2.48. The Bertz CT molecular complexity index is 1080. The average molecular weight is 406 g/mol. The molecule has 2 amide bonds. The van der Waals surface area contributed by atoms with E-state index in [-0.39, 0.29) is 35.5 Å². The number of carbonyl (C=O) groups excluding carboxylic acids is 3. The summed E-state index contributed by atoms with van der Waals surface area (Å²) in [5.41, 5.74) is 3.83. The number of hydrogen-bond donors (Lipinski definition) is 0. The van der Waals surface area contributed by atoms with Crippen LogP contribution in [-0.4, -0.2) is 46.0 Å². The summed E-state index contributed by atoms with van der Waals surface area (Å²) < 4.78 is 13.7. The molecule has 30 heavy (non-hydrogen) atoms. The molecule has 0 radical (unpaired) electrons. The van der Waals surface area contributed by atoms with Gasteiger partial charge in [-0.15, -0.1) is 0 Å². The van der Waals surface area contributed by atoms with Crippen LogP contribution in [0.1, 0.15) is 56.7 Å². The van der Waals surface area contributed by atoms with Gasteiger partial charge in [-0.25, -0.2) is 4.39 Å². The van der Waals surface area contributed by atoms with E-state index < -0.39 is 0 Å². The maximum absolute atomic E-state index is 13.7. The van der Waals surface area contributed by atoms with Gasteiger partial charge in [-0.05, 0) is 54.7 Å². The minimum absolute atomic E-state index is 0.000343. The van der Waals surface area contributed by atoms with Crippen molar-refractivity contribution >= 4 is 17.6 Å². The third-order valence-electron chi connectivity index (χ3n) is 6.84. The van der Waals surface area contributed by atoms with E-state index in [4.69, 9.17) is 0 Å². The topological polar surface area (TPSA) is 57.7 Å². The number of carbonyl (C=O) groups is 3. The molecule has 0 unspecified atom stereocenters. The second kappa shape index (κ2) is 7.04. The van der Waals surface area contributed by atoms with Crippen LogP contribution in [0, 0.1) is 12.7 Å². The third kappa shape index (κ3) is 2.93. The summed E-state index contributed by atoms with van der Waals surface area (Å²) >= 11 is 0. The summed E-state index contributed by atoms with van der Waals surface area (Å²) in [5.74, 6) is -0.314. The Balaban J connectivity index is 1.39. The van der Waals surface area contributed by atoms with Crippen molar-refractivity contribution in [3.05, 3.63) is 70.0 Å². The van der Waals surface area contributed by atoms with Gasteiger partial charge in [0.25, 0.3) is 5.91 Å². The van der Waals surface area contributed by atoms with E-state index >= 15 is 0 Å². The van der Waals surface area contributed by atoms with Crippen LogP contribution in [0.5, 0.6) is 0 Å². The fraction of sp³-hybridized carbons (Fsp3) is 0.375. The summed E-state index contributed by atoms with van der Waals surface area (Å²) in [6.07, 6.45) is 2.05. The van der Waals surface area contributed by atoms with E-state index in [1.807, 2.05) is 6.92 Å². The van der Waals surface area contributed by atoms with E-state index in [0.29, 0.717) is 49.9 Å². The molecule has 5 rings (SSSR count). The van der Waals surface area contributed by atoms with Gasteiger partial charge >= 0.3 is 0 Å². The van der Waals surface area contributed by atoms with Crippen molar-refractivity contribution in [2.75, 3.05) is 6.54 Å². The first kappa shape index (κ1) is 19.0. The average Bonchev–Trinajstić information content (AvgIpc) is 3.39. The first-order valence-corrected chi connectivity index (χ1v) is 10.4. The predicted octanol–water partition coefficient (Wildman–Crippen LogP) is 3.28. The number of fused-ring (bicyclic) bond motifs is 2. The van der Waals surface area contributed by atoms with Gasteiger partial charge in [0, 0.05) is 37.1 Å². The smallest absolute Gasteiger partial charge is 0.254 e. The number of ketones is 1. The fourth-order valence-electron chi connectivity index (χ4n) is 5.23. The first-order valence-electron chi connectivity index (χ1n) is 10.4. The predicted molar refractivity (Wildman–Crippen MR) is 109 cm³/mol. The number of likely N-dealkylation sites (tertiary alicyclic amines) is 2. The number of rotatable bonds is 3. The van der Waals surface area contributed by atoms with Crippen molar-refractivity contribution in [2.24, 2.45) is 0 Å². The van der Waals surface area contributed by atoms with E-state index in [2.05, 4.69) is 0 Å². The zero-order chi connectivity index (χ0) is 21.0. The second-order valence-electron chi connectivity index (χ2n) is 8.47. The lowest BCUT2D eigenvalue weighted by atomic mass is 10.0. The third-order valence-corrected chi connectivity index (χ3v) is 6.84. The van der Waals surface area contributed by atoms with Crippen molar-refractivity contribution in [3.8, 4) is 0 Å². The zero-order valence-electron chi connectivity index (χ0n) is 16.9. The van der Waals surface area contributed by atoms with Crippen LogP contribution in [0.25, 0.3) is 0 Å². The molecule has 0 aromatic heterocycles. The Hall–Kier alpha value is -3.02. The number of nitrogens with zero attached hydrogens (tertiary/aromatic N) is 2. The summed E-state index contributed by atoms with van der Waals surface area (Å²) in [4.78, 5) is 41.8. The van der Waals surface area contributed by atoms with E-state index in [1.165, 1.54) is 12.1 Å². The number of halogens is 1. The molecule has 2 atom stereocenters. The SMILES string of the molecule is Cc1ccc(F)cc1CN1C(=O)C[C@H]2[C@@H]1CCN2C(=O)c1cccc2c1CCC2=O. The molecule has 0 bridgehead atoms. The Labute approximate surface area is 174 Å². The standard InChI is InChI=1S/C24H23FN2O3/c1-14-5-6-16(25)11-15(14)13-27-20-9-10-26(21(20)12-23(27)29)24(30)19-4-2-3-18-17(19)7-8-22(18)28/h2-6,11,20-21H,7-10,12-13H2,1H3/t20-,21-/m0/s1. The summed E-state index contributed by atoms with van der Waals surface area (Å²) in [6, 6.07) is 9.75. The van der Waals surface area contributed by atoms with Crippen LogP contribution in [0.4, 0.5) is 4.39 Å². The second-order valence-corrected chi connectivity index (χ2v) is 8.47. The highest BCUT2D eigenvalue weighted by Crippen LogP contribution is 2.36. The van der Waals surface area contributed by atoms with Gasteiger partial charge in [-0.2, -0.15) is 0 Å². The van der Waals surface area contributed by atoms with Crippen LogP contribution in [0.15, 0.2) is 36.4 Å². The lowest BCUT2D eigenvalue weighted by molar-refractivity contribution is -0.129. The Morgan fingerprint density at radius 2 is 1.97 bits per heavy atom. The molecule has 2 aliphatic heterocycles. The molecule has 2 saturated heterocycles. The summed E-state index contributed by atoms with van der Waals surface area (Å²) in [7, 11) is 0. The van der Waals surface area contributed by atoms with Crippen molar-refractivity contribution in [1.82, 2.24) is 9.80 Å². The molecule has 2 heterocycles. The van der Waals surface area contributed by atoms with Crippen LogP contribution < -0.4 is 0 Å². The molecule has 0 spiro atoms. The van der Waals surface area contributed by atoms with Gasteiger partial charge in [0.05, 0.1) is 12.1 Å². The van der Waals surface area contributed by atoms with Gasteiger partial charge < -0.3 is 9.80 Å². The Morgan fingerprint density at radius 3 is 2.80 bits per heavy atom. The Morgan fingerprint density at radius 1 is 1.13 bits per heavy atom. The molecular formula is C24H23FN2O3. The first-order chi connectivity index (χ1) is 14.4. The highest BCUT2D eigenvalue weighted by atomic mass is 19.1. The molecule has 154 valence electrons. The molecule has 5 nitrogen and oxygen atoms in total. The Kier molecular flexibility index (Phi) is 4.45. The van der Waals surface area contributed by atoms with Gasteiger partial charge in [-0.1, -0.05) is 18.2 Å². The highest BCUT2D eigenvalue weighted by molar-refractivity contribution is 6.06. The molecule has 0 N–H and O–H groups in total. The quantitative estimate of drug-likeness (QED) is 0.786. The number of benzene rings is 2. The summed E-state index contributed by atoms with van der Waals surface area (Å²) in [5, 5.41) is 0. The van der Waals surface area contributed by atoms with Crippen molar-refractivity contribution in [2.45, 2.75) is 51.2 Å². The molecular weight excluding hydrogens is 383 g/mol. The molecule has 3 aliphatic rings. The number of hydrogen-bond acceptors (Lipinski definition) is 3. The van der Waals surface area contributed by atoms with E-state index in [0.717, 1.165) is 16.7 Å². The lowest BCUT2D eigenvalue weighted by Crippen LogP contribution is -2.40. The molecule has 6 heteroatoms. The van der Waals surface area contributed by atoms with Crippen molar-refractivity contribution < 1.29 is 18.8 Å². The minimum atomic E-state index is -0.311. The largest absolute Gasteiger partial charge is 0.333 e. The van der Waals surface area contributed by atoms with Crippen LogP contribution >= 0.6 is 0 Å². The normalized spacial score (nSPS) is 22.6. The van der Waals surface area contributed by atoms with Crippen LogP contribution in [0.3, 0.4) is 0 Å². The van der Waals surface area contributed by atoms with E-state index in [9.17, 15) is 18.8 Å². The molecule has 1 aliphatic carbocycles. The monoisotopic (exact) mass is 406 g/mol. The summed E-state index contributed by atoms with van der Waals surface area (Å²) in [6.45, 7) is 2.85. The van der Waals surface area contributed by atoms with Gasteiger partial charge in [-0.3, -0.25) is 14.4 Å². The zero-order valence-corrected chi connectivity index (χ0v) is 16.9. The maximum Gasteiger partial charge on any atom is 0.254 e. The maximum atomic E-state index is 13.7. The van der Waals surface area contributed by atoms with Crippen LogP contribution in [0.2, 0.25) is 0 Å². The minimum Gasteiger partial charge on any atom is -0.333 e. The van der Waals surface area contributed by atoms with Gasteiger partial charge in [0.15, 0.2) is 5.78 Å². The number of amides is 2.